The maximum atomic E-state index is 12.5. The summed E-state index contributed by atoms with van der Waals surface area (Å²) < 4.78 is 7.07. The third-order valence-electron chi connectivity index (χ3n) is 4.41. The molecule has 0 saturated heterocycles. The number of carbonyl (C=O) groups excluding carboxylic acids is 1. The SMILES string of the molecule is CCC(C)Sc1nnc(CNC(=O)c2ccc(OC)cc2)n1-c1cccc(Cl)c1. The Bertz CT molecular complexity index is 975. The van der Waals surface area contributed by atoms with E-state index in [2.05, 4.69) is 29.4 Å². The fourth-order valence-electron chi connectivity index (χ4n) is 2.63. The number of rotatable bonds is 8. The number of hydrogen-bond acceptors (Lipinski definition) is 5. The van der Waals surface area contributed by atoms with Crippen LogP contribution in [-0.2, 0) is 6.54 Å². The quantitative estimate of drug-likeness (QED) is 0.522. The number of ether oxygens (including phenoxy) is 1. The van der Waals surface area contributed by atoms with Crippen LogP contribution < -0.4 is 10.1 Å². The molecule has 0 aliphatic carbocycles. The van der Waals surface area contributed by atoms with Crippen molar-refractivity contribution >= 4 is 29.3 Å². The second-order valence-corrected chi connectivity index (χ2v) is 8.30. The molecule has 3 rings (SSSR count). The monoisotopic (exact) mass is 430 g/mol. The van der Waals surface area contributed by atoms with Crippen molar-refractivity contribution in [3.05, 3.63) is 64.9 Å². The Morgan fingerprint density at radius 1 is 1.24 bits per heavy atom. The topological polar surface area (TPSA) is 69.0 Å². The lowest BCUT2D eigenvalue weighted by molar-refractivity contribution is 0.0949. The van der Waals surface area contributed by atoms with Crippen molar-refractivity contribution in [2.24, 2.45) is 0 Å². The van der Waals surface area contributed by atoms with E-state index < -0.39 is 0 Å². The van der Waals surface area contributed by atoms with Crippen LogP contribution in [-0.4, -0.2) is 33.0 Å². The summed E-state index contributed by atoms with van der Waals surface area (Å²) in [4.78, 5) is 12.5. The zero-order chi connectivity index (χ0) is 20.8. The molecule has 0 aliphatic heterocycles. The minimum atomic E-state index is -0.190. The summed E-state index contributed by atoms with van der Waals surface area (Å²) in [6.45, 7) is 4.52. The summed E-state index contributed by atoms with van der Waals surface area (Å²) in [5.74, 6) is 1.15. The average molecular weight is 431 g/mol. The Morgan fingerprint density at radius 3 is 2.66 bits per heavy atom. The van der Waals surface area contributed by atoms with E-state index in [0.29, 0.717) is 27.4 Å². The van der Waals surface area contributed by atoms with E-state index in [9.17, 15) is 4.79 Å². The third-order valence-corrected chi connectivity index (χ3v) is 5.85. The van der Waals surface area contributed by atoms with Crippen LogP contribution in [0.4, 0.5) is 0 Å². The number of halogens is 1. The van der Waals surface area contributed by atoms with Gasteiger partial charge in [-0.3, -0.25) is 9.36 Å². The smallest absolute Gasteiger partial charge is 0.251 e. The fraction of sp³-hybridized carbons (Fsp3) is 0.286. The molecule has 3 aromatic rings. The van der Waals surface area contributed by atoms with Gasteiger partial charge in [0.25, 0.3) is 5.91 Å². The summed E-state index contributed by atoms with van der Waals surface area (Å²) in [6, 6.07) is 14.5. The zero-order valence-electron chi connectivity index (χ0n) is 16.6. The van der Waals surface area contributed by atoms with E-state index in [1.54, 1.807) is 43.1 Å². The number of nitrogens with zero attached hydrogens (tertiary/aromatic N) is 3. The number of aromatic nitrogens is 3. The largest absolute Gasteiger partial charge is 0.497 e. The van der Waals surface area contributed by atoms with Gasteiger partial charge in [-0.15, -0.1) is 10.2 Å². The highest BCUT2D eigenvalue weighted by Gasteiger charge is 2.17. The first kappa shape index (κ1) is 21.2. The van der Waals surface area contributed by atoms with Gasteiger partial charge < -0.3 is 10.1 Å². The van der Waals surface area contributed by atoms with E-state index in [0.717, 1.165) is 17.3 Å². The van der Waals surface area contributed by atoms with Gasteiger partial charge in [-0.05, 0) is 48.9 Å². The van der Waals surface area contributed by atoms with Gasteiger partial charge in [0.15, 0.2) is 11.0 Å². The fourth-order valence-corrected chi connectivity index (χ4v) is 3.75. The Hall–Kier alpha value is -2.51. The van der Waals surface area contributed by atoms with Crippen molar-refractivity contribution in [2.45, 2.75) is 37.2 Å². The van der Waals surface area contributed by atoms with Gasteiger partial charge in [0.1, 0.15) is 5.75 Å². The number of hydrogen-bond donors (Lipinski definition) is 1. The maximum Gasteiger partial charge on any atom is 0.251 e. The highest BCUT2D eigenvalue weighted by atomic mass is 35.5. The number of benzene rings is 2. The molecule has 29 heavy (non-hydrogen) atoms. The minimum absolute atomic E-state index is 0.190. The van der Waals surface area contributed by atoms with Crippen LogP contribution >= 0.6 is 23.4 Å². The molecule has 0 saturated carbocycles. The molecule has 0 bridgehead atoms. The lowest BCUT2D eigenvalue weighted by atomic mass is 10.2. The summed E-state index contributed by atoms with van der Waals surface area (Å²) in [5.41, 5.74) is 1.41. The van der Waals surface area contributed by atoms with E-state index in [1.807, 2.05) is 28.8 Å². The highest BCUT2D eigenvalue weighted by Crippen LogP contribution is 2.28. The van der Waals surface area contributed by atoms with Gasteiger partial charge in [0.05, 0.1) is 19.3 Å². The standard InChI is InChI=1S/C21H23ClN4O2S/c1-4-14(2)29-21-25-24-19(26(21)17-7-5-6-16(22)12-17)13-23-20(27)15-8-10-18(28-3)11-9-15/h5-12,14H,4,13H2,1-3H3,(H,23,27). The first-order valence-electron chi connectivity index (χ1n) is 9.31. The first-order chi connectivity index (χ1) is 14.0. The summed E-state index contributed by atoms with van der Waals surface area (Å²) >= 11 is 7.84. The summed E-state index contributed by atoms with van der Waals surface area (Å²) in [6.07, 6.45) is 1.01. The molecule has 0 fully saturated rings. The molecule has 0 radical (unpaired) electrons. The van der Waals surface area contributed by atoms with Crippen LogP contribution in [0.15, 0.2) is 53.7 Å². The van der Waals surface area contributed by atoms with E-state index >= 15 is 0 Å². The Kier molecular flexibility index (Phi) is 7.17. The number of nitrogens with one attached hydrogen (secondary N) is 1. The van der Waals surface area contributed by atoms with Crippen molar-refractivity contribution < 1.29 is 9.53 Å². The second kappa shape index (κ2) is 9.80. The number of thioether (sulfide) groups is 1. The van der Waals surface area contributed by atoms with E-state index in [-0.39, 0.29) is 12.5 Å². The lowest BCUT2D eigenvalue weighted by Gasteiger charge is -2.13. The van der Waals surface area contributed by atoms with Crippen LogP contribution in [0.5, 0.6) is 5.75 Å². The number of carbonyl (C=O) groups is 1. The van der Waals surface area contributed by atoms with Crippen molar-refractivity contribution in [1.29, 1.82) is 0 Å². The van der Waals surface area contributed by atoms with Gasteiger partial charge in [-0.1, -0.05) is 43.3 Å². The van der Waals surface area contributed by atoms with Gasteiger partial charge in [-0.25, -0.2) is 0 Å². The van der Waals surface area contributed by atoms with Crippen LogP contribution in [0.3, 0.4) is 0 Å². The predicted octanol–water partition coefficient (Wildman–Crippen LogP) is 4.75. The molecule has 1 amide bonds. The number of methoxy groups -OCH3 is 1. The molecule has 8 heteroatoms. The van der Waals surface area contributed by atoms with Crippen molar-refractivity contribution in [2.75, 3.05) is 7.11 Å². The molecule has 1 aromatic heterocycles. The van der Waals surface area contributed by atoms with Crippen LogP contribution in [0, 0.1) is 0 Å². The van der Waals surface area contributed by atoms with Gasteiger partial charge in [-0.2, -0.15) is 0 Å². The van der Waals surface area contributed by atoms with Crippen molar-refractivity contribution in [3.8, 4) is 11.4 Å². The molecule has 1 N–H and O–H groups in total. The second-order valence-electron chi connectivity index (χ2n) is 6.46. The van der Waals surface area contributed by atoms with E-state index in [4.69, 9.17) is 16.3 Å². The minimum Gasteiger partial charge on any atom is -0.497 e. The normalized spacial score (nSPS) is 11.9. The molecule has 152 valence electrons. The first-order valence-corrected chi connectivity index (χ1v) is 10.6. The molecule has 1 atom stereocenters. The lowest BCUT2D eigenvalue weighted by Crippen LogP contribution is -2.24. The van der Waals surface area contributed by atoms with Crippen LogP contribution in [0.2, 0.25) is 5.02 Å². The summed E-state index contributed by atoms with van der Waals surface area (Å²) in [5, 5.41) is 13.4. The predicted molar refractivity (Wildman–Crippen MR) is 116 cm³/mol. The van der Waals surface area contributed by atoms with Gasteiger partial charge >= 0.3 is 0 Å². The van der Waals surface area contributed by atoms with Crippen molar-refractivity contribution in [3.63, 3.8) is 0 Å². The zero-order valence-corrected chi connectivity index (χ0v) is 18.1. The highest BCUT2D eigenvalue weighted by molar-refractivity contribution is 7.99. The molecule has 6 nitrogen and oxygen atoms in total. The molecule has 0 aliphatic rings. The maximum absolute atomic E-state index is 12.5. The number of amides is 1. The summed E-state index contributed by atoms with van der Waals surface area (Å²) in [7, 11) is 1.59. The van der Waals surface area contributed by atoms with E-state index in [1.165, 1.54) is 0 Å². The molecule has 1 unspecified atom stereocenters. The van der Waals surface area contributed by atoms with Gasteiger partial charge in [0, 0.05) is 15.8 Å². The molecule has 0 spiro atoms. The van der Waals surface area contributed by atoms with Crippen LogP contribution in [0.25, 0.3) is 5.69 Å². The Labute approximate surface area is 179 Å². The van der Waals surface area contributed by atoms with Crippen LogP contribution in [0.1, 0.15) is 36.5 Å². The average Bonchev–Trinajstić information content (AvgIpc) is 3.14. The Morgan fingerprint density at radius 2 is 2.00 bits per heavy atom. The van der Waals surface area contributed by atoms with Crippen molar-refractivity contribution in [1.82, 2.24) is 20.1 Å². The molecule has 2 aromatic carbocycles. The third kappa shape index (κ3) is 5.31. The molecular weight excluding hydrogens is 408 g/mol. The molecular formula is C21H23ClN4O2S. The Balaban J connectivity index is 1.83. The van der Waals surface area contributed by atoms with Gasteiger partial charge in [0.2, 0.25) is 0 Å². The molecule has 1 heterocycles.